The van der Waals surface area contributed by atoms with Crippen LogP contribution in [0.4, 0.5) is 23.4 Å². The smallest absolute Gasteiger partial charge is 0.252 e. The largest absolute Gasteiger partial charge is 0.368 e. The first-order valence-corrected chi connectivity index (χ1v) is 6.69. The Labute approximate surface area is 118 Å². The first-order chi connectivity index (χ1) is 9.95. The van der Waals surface area contributed by atoms with Crippen molar-refractivity contribution in [3.05, 3.63) is 30.0 Å². The Balaban J connectivity index is 1.77. The second-order valence-corrected chi connectivity index (χ2v) is 5.24. The first kappa shape index (κ1) is 14.0. The minimum absolute atomic E-state index is 0.0802. The number of fused-ring (bicyclic) bond motifs is 1. The third kappa shape index (κ3) is 2.77. The maximum absolute atomic E-state index is 13.5. The number of nitrogens with zero attached hydrogens (tertiary/aromatic N) is 2. The molecule has 2 aromatic rings. The normalized spacial score (nSPS) is 20.9. The van der Waals surface area contributed by atoms with Crippen molar-refractivity contribution < 1.29 is 17.6 Å². The lowest BCUT2D eigenvalue weighted by Crippen LogP contribution is -2.28. The Morgan fingerprint density at radius 3 is 2.57 bits per heavy atom. The second-order valence-electron chi connectivity index (χ2n) is 5.24. The average Bonchev–Trinajstić information content (AvgIpc) is 2.77. The van der Waals surface area contributed by atoms with E-state index in [1.807, 2.05) is 0 Å². The Morgan fingerprint density at radius 2 is 1.90 bits per heavy atom. The van der Waals surface area contributed by atoms with Gasteiger partial charge >= 0.3 is 0 Å². The maximum Gasteiger partial charge on any atom is 0.252 e. The van der Waals surface area contributed by atoms with Gasteiger partial charge in [-0.25, -0.2) is 22.5 Å². The molecule has 1 aliphatic carbocycles. The van der Waals surface area contributed by atoms with Crippen LogP contribution in [0.3, 0.4) is 0 Å². The SMILES string of the molecule is Fc1cc2ncc(NCC3CCCC3(F)F)nc2cc1F. The number of rotatable bonds is 3. The lowest BCUT2D eigenvalue weighted by molar-refractivity contribution is -0.0318. The van der Waals surface area contributed by atoms with E-state index in [-0.39, 0.29) is 29.8 Å². The summed E-state index contributed by atoms with van der Waals surface area (Å²) in [6.45, 7) is 0.0802. The number of halogens is 4. The topological polar surface area (TPSA) is 37.8 Å². The van der Waals surface area contributed by atoms with Crippen LogP contribution in [0.1, 0.15) is 19.3 Å². The van der Waals surface area contributed by atoms with Crippen LogP contribution >= 0.6 is 0 Å². The van der Waals surface area contributed by atoms with Crippen molar-refractivity contribution in [1.82, 2.24) is 9.97 Å². The molecular weight excluding hydrogens is 286 g/mol. The van der Waals surface area contributed by atoms with Gasteiger partial charge in [0.25, 0.3) is 5.92 Å². The molecule has 0 aliphatic heterocycles. The van der Waals surface area contributed by atoms with Crippen LogP contribution in [0.25, 0.3) is 11.0 Å². The molecule has 7 heteroatoms. The fourth-order valence-corrected chi connectivity index (χ4v) is 2.57. The number of aromatic nitrogens is 2. The van der Waals surface area contributed by atoms with Gasteiger partial charge in [-0.05, 0) is 12.8 Å². The Kier molecular flexibility index (Phi) is 3.43. The predicted octanol–water partition coefficient (Wildman–Crippen LogP) is 3.76. The van der Waals surface area contributed by atoms with Crippen molar-refractivity contribution in [3.63, 3.8) is 0 Å². The molecule has 0 bridgehead atoms. The maximum atomic E-state index is 13.5. The predicted molar refractivity (Wildman–Crippen MR) is 70.2 cm³/mol. The Morgan fingerprint density at radius 1 is 1.19 bits per heavy atom. The lowest BCUT2D eigenvalue weighted by atomic mass is 10.1. The van der Waals surface area contributed by atoms with E-state index in [4.69, 9.17) is 0 Å². The van der Waals surface area contributed by atoms with Gasteiger partial charge in [0.2, 0.25) is 0 Å². The Hall–Kier alpha value is -1.92. The lowest BCUT2D eigenvalue weighted by Gasteiger charge is -2.19. The summed E-state index contributed by atoms with van der Waals surface area (Å²) in [5, 5.41) is 2.80. The summed E-state index contributed by atoms with van der Waals surface area (Å²) in [5.74, 6) is -5.14. The molecule has 0 amide bonds. The summed E-state index contributed by atoms with van der Waals surface area (Å²) in [7, 11) is 0. The summed E-state index contributed by atoms with van der Waals surface area (Å²) in [5.41, 5.74) is 0.391. The molecule has 1 N–H and O–H groups in total. The highest BCUT2D eigenvalue weighted by molar-refractivity contribution is 5.75. The zero-order valence-electron chi connectivity index (χ0n) is 11.0. The zero-order valence-corrected chi connectivity index (χ0v) is 11.0. The van der Waals surface area contributed by atoms with Gasteiger partial charge in [-0.3, -0.25) is 4.98 Å². The monoisotopic (exact) mass is 299 g/mol. The highest BCUT2D eigenvalue weighted by Gasteiger charge is 2.43. The van der Waals surface area contributed by atoms with Crippen molar-refractivity contribution >= 4 is 16.9 Å². The number of nitrogens with one attached hydrogen (secondary N) is 1. The summed E-state index contributed by atoms with van der Waals surface area (Å²) >= 11 is 0. The van der Waals surface area contributed by atoms with Crippen LogP contribution in [0.5, 0.6) is 0 Å². The van der Waals surface area contributed by atoms with Crippen LogP contribution in [-0.4, -0.2) is 22.4 Å². The molecule has 1 unspecified atom stereocenters. The number of hydrogen-bond acceptors (Lipinski definition) is 3. The minimum Gasteiger partial charge on any atom is -0.368 e. The fourth-order valence-electron chi connectivity index (χ4n) is 2.57. The molecule has 1 aromatic heterocycles. The molecule has 1 atom stereocenters. The van der Waals surface area contributed by atoms with E-state index in [9.17, 15) is 17.6 Å². The zero-order chi connectivity index (χ0) is 15.0. The molecule has 0 saturated heterocycles. The van der Waals surface area contributed by atoms with Gasteiger partial charge in [-0.15, -0.1) is 0 Å². The highest BCUT2D eigenvalue weighted by Crippen LogP contribution is 2.40. The molecule has 1 heterocycles. The molecule has 0 radical (unpaired) electrons. The van der Waals surface area contributed by atoms with Gasteiger partial charge < -0.3 is 5.32 Å². The van der Waals surface area contributed by atoms with Crippen molar-refractivity contribution in [2.45, 2.75) is 25.2 Å². The van der Waals surface area contributed by atoms with Gasteiger partial charge in [-0.1, -0.05) is 0 Å². The van der Waals surface area contributed by atoms with Crippen LogP contribution < -0.4 is 5.32 Å². The average molecular weight is 299 g/mol. The number of anilines is 1. The van der Waals surface area contributed by atoms with E-state index in [1.54, 1.807) is 0 Å². The molecule has 1 aliphatic rings. The first-order valence-electron chi connectivity index (χ1n) is 6.69. The van der Waals surface area contributed by atoms with E-state index in [0.29, 0.717) is 12.8 Å². The molecular formula is C14H13F4N3. The van der Waals surface area contributed by atoms with Crippen LogP contribution in [0, 0.1) is 17.6 Å². The van der Waals surface area contributed by atoms with Gasteiger partial charge in [-0.2, -0.15) is 0 Å². The summed E-state index contributed by atoms with van der Waals surface area (Å²) in [6.07, 6.45) is 2.20. The molecule has 1 fully saturated rings. The van der Waals surface area contributed by atoms with E-state index in [1.165, 1.54) is 6.20 Å². The van der Waals surface area contributed by atoms with Gasteiger partial charge in [0.15, 0.2) is 11.6 Å². The quantitative estimate of drug-likeness (QED) is 0.877. The van der Waals surface area contributed by atoms with Crippen molar-refractivity contribution in [2.24, 2.45) is 5.92 Å². The standard InChI is InChI=1S/C14H13F4N3/c15-9-4-11-12(5-10(9)16)21-13(7-19-11)20-6-8-2-1-3-14(8,17)18/h4-5,7-8H,1-3,6H2,(H,20,21). The van der Waals surface area contributed by atoms with Gasteiger partial charge in [0.05, 0.1) is 17.2 Å². The summed E-state index contributed by atoms with van der Waals surface area (Å²) in [4.78, 5) is 8.01. The van der Waals surface area contributed by atoms with E-state index in [0.717, 1.165) is 12.1 Å². The number of alkyl halides is 2. The van der Waals surface area contributed by atoms with E-state index < -0.39 is 23.5 Å². The Bertz CT molecular complexity index is 675. The highest BCUT2D eigenvalue weighted by atomic mass is 19.3. The van der Waals surface area contributed by atoms with Crippen LogP contribution in [0.2, 0.25) is 0 Å². The summed E-state index contributed by atoms with van der Waals surface area (Å²) in [6, 6.07) is 1.89. The molecule has 1 saturated carbocycles. The third-order valence-electron chi connectivity index (χ3n) is 3.77. The molecule has 21 heavy (non-hydrogen) atoms. The minimum atomic E-state index is -2.66. The van der Waals surface area contributed by atoms with Crippen LogP contribution in [-0.2, 0) is 0 Å². The van der Waals surface area contributed by atoms with Crippen LogP contribution in [0.15, 0.2) is 18.3 Å². The number of benzene rings is 1. The fraction of sp³-hybridized carbons (Fsp3) is 0.429. The second kappa shape index (κ2) is 5.13. The van der Waals surface area contributed by atoms with Crippen molar-refractivity contribution in [2.75, 3.05) is 11.9 Å². The van der Waals surface area contributed by atoms with E-state index >= 15 is 0 Å². The van der Waals surface area contributed by atoms with Crippen molar-refractivity contribution in [3.8, 4) is 0 Å². The number of hydrogen-bond donors (Lipinski definition) is 1. The summed E-state index contributed by atoms with van der Waals surface area (Å²) < 4.78 is 53.2. The molecule has 1 aromatic carbocycles. The molecule has 0 spiro atoms. The molecule has 3 nitrogen and oxygen atoms in total. The van der Waals surface area contributed by atoms with Gasteiger partial charge in [0.1, 0.15) is 5.82 Å². The van der Waals surface area contributed by atoms with Gasteiger partial charge in [0, 0.05) is 31.0 Å². The molecule has 112 valence electrons. The molecule has 3 rings (SSSR count). The van der Waals surface area contributed by atoms with E-state index in [2.05, 4.69) is 15.3 Å². The van der Waals surface area contributed by atoms with Crippen molar-refractivity contribution in [1.29, 1.82) is 0 Å². The third-order valence-corrected chi connectivity index (χ3v) is 3.77.